The summed E-state index contributed by atoms with van der Waals surface area (Å²) in [6, 6.07) is 1.71. The summed E-state index contributed by atoms with van der Waals surface area (Å²) in [4.78, 5) is 10.4. The summed E-state index contributed by atoms with van der Waals surface area (Å²) < 4.78 is 0. The van der Waals surface area contributed by atoms with Crippen LogP contribution in [0.3, 0.4) is 0 Å². The van der Waals surface area contributed by atoms with Crippen LogP contribution in [0, 0.1) is 13.8 Å². The predicted octanol–water partition coefficient (Wildman–Crippen LogP) is 3.07. The number of phenols is 1. The number of carbonyl (C=O) groups is 1. The zero-order chi connectivity index (χ0) is 12.3. The molecule has 0 aliphatic rings. The van der Waals surface area contributed by atoms with Gasteiger partial charge in [-0.05, 0) is 49.4 Å². The molecule has 0 radical (unpaired) electrons. The summed E-state index contributed by atoms with van der Waals surface area (Å²) in [6.07, 6.45) is 1.13. The van der Waals surface area contributed by atoms with Gasteiger partial charge >= 0.3 is 5.97 Å². The van der Waals surface area contributed by atoms with Gasteiger partial charge in [0.1, 0.15) is 5.75 Å². The molecule has 0 spiro atoms. The molecular formula is C12H15ClO3. The third-order valence-electron chi connectivity index (χ3n) is 2.72. The van der Waals surface area contributed by atoms with Gasteiger partial charge < -0.3 is 10.2 Å². The quantitative estimate of drug-likeness (QED) is 0.853. The minimum atomic E-state index is -0.825. The van der Waals surface area contributed by atoms with Crippen molar-refractivity contribution in [2.75, 3.05) is 0 Å². The molecule has 0 atom stereocenters. The van der Waals surface area contributed by atoms with Gasteiger partial charge in [-0.3, -0.25) is 4.79 Å². The molecule has 0 fully saturated rings. The van der Waals surface area contributed by atoms with E-state index in [1.165, 1.54) is 0 Å². The first-order chi connectivity index (χ1) is 7.43. The van der Waals surface area contributed by atoms with Crippen molar-refractivity contribution < 1.29 is 15.0 Å². The van der Waals surface area contributed by atoms with Crippen LogP contribution >= 0.6 is 11.6 Å². The Bertz CT molecular complexity index is 413. The molecule has 0 aromatic heterocycles. The molecular weight excluding hydrogens is 228 g/mol. The Morgan fingerprint density at radius 1 is 1.38 bits per heavy atom. The van der Waals surface area contributed by atoms with E-state index >= 15 is 0 Å². The lowest BCUT2D eigenvalue weighted by Gasteiger charge is -2.11. The van der Waals surface area contributed by atoms with E-state index in [1.807, 2.05) is 6.92 Å². The highest BCUT2D eigenvalue weighted by Gasteiger charge is 2.10. The highest BCUT2D eigenvalue weighted by atomic mass is 35.5. The molecule has 3 nitrogen and oxygen atoms in total. The van der Waals surface area contributed by atoms with Crippen molar-refractivity contribution >= 4 is 17.6 Å². The van der Waals surface area contributed by atoms with E-state index in [1.54, 1.807) is 13.0 Å². The number of benzene rings is 1. The van der Waals surface area contributed by atoms with Gasteiger partial charge in [0.05, 0.1) is 0 Å². The molecule has 16 heavy (non-hydrogen) atoms. The van der Waals surface area contributed by atoms with Gasteiger partial charge in [-0.15, -0.1) is 0 Å². The van der Waals surface area contributed by atoms with Gasteiger partial charge in [-0.1, -0.05) is 11.6 Å². The molecule has 1 rings (SSSR count). The lowest BCUT2D eigenvalue weighted by Crippen LogP contribution is -1.97. The Kier molecular flexibility index (Phi) is 4.19. The Hall–Kier alpha value is -1.22. The Morgan fingerprint density at radius 2 is 2.00 bits per heavy atom. The molecule has 0 saturated carbocycles. The number of carboxylic acids is 1. The van der Waals surface area contributed by atoms with Crippen molar-refractivity contribution in [1.29, 1.82) is 0 Å². The summed E-state index contributed by atoms with van der Waals surface area (Å²) in [5.74, 6) is -0.596. The zero-order valence-electron chi connectivity index (χ0n) is 9.38. The van der Waals surface area contributed by atoms with Crippen LogP contribution in [0.1, 0.15) is 29.5 Å². The van der Waals surface area contributed by atoms with Crippen LogP contribution in [0.5, 0.6) is 5.75 Å². The van der Waals surface area contributed by atoms with Crippen molar-refractivity contribution in [3.05, 3.63) is 27.8 Å². The van der Waals surface area contributed by atoms with Crippen molar-refractivity contribution in [1.82, 2.24) is 0 Å². The van der Waals surface area contributed by atoms with E-state index in [-0.39, 0.29) is 12.2 Å². The summed E-state index contributed by atoms with van der Waals surface area (Å²) in [5, 5.41) is 19.0. The third kappa shape index (κ3) is 2.89. The summed E-state index contributed by atoms with van der Waals surface area (Å²) in [5.41, 5.74) is 2.34. The van der Waals surface area contributed by atoms with E-state index < -0.39 is 5.97 Å². The molecule has 0 amide bonds. The Balaban J connectivity index is 2.85. The first-order valence-corrected chi connectivity index (χ1v) is 5.50. The van der Waals surface area contributed by atoms with E-state index in [0.717, 1.165) is 11.1 Å². The van der Waals surface area contributed by atoms with Crippen LogP contribution in [0.25, 0.3) is 0 Å². The molecule has 4 heteroatoms. The van der Waals surface area contributed by atoms with Gasteiger partial charge in [0, 0.05) is 11.4 Å². The lowest BCUT2D eigenvalue weighted by atomic mass is 10.0. The molecule has 0 bridgehead atoms. The topological polar surface area (TPSA) is 57.5 Å². The first-order valence-electron chi connectivity index (χ1n) is 5.12. The predicted molar refractivity (Wildman–Crippen MR) is 63.2 cm³/mol. The standard InChI is InChI=1S/C12H15ClO3/c1-7-8(2)12(16)9(6-10(7)13)4-3-5-11(14)15/h6,16H,3-5H2,1-2H3,(H,14,15). The van der Waals surface area contributed by atoms with E-state index in [0.29, 0.717) is 23.4 Å². The Morgan fingerprint density at radius 3 is 2.56 bits per heavy atom. The fraction of sp³-hybridized carbons (Fsp3) is 0.417. The largest absolute Gasteiger partial charge is 0.507 e. The summed E-state index contributed by atoms with van der Waals surface area (Å²) in [6.45, 7) is 3.65. The minimum Gasteiger partial charge on any atom is -0.507 e. The number of aryl methyl sites for hydroxylation is 1. The van der Waals surface area contributed by atoms with Crippen molar-refractivity contribution in [3.63, 3.8) is 0 Å². The normalized spacial score (nSPS) is 10.4. The highest BCUT2D eigenvalue weighted by Crippen LogP contribution is 2.31. The maximum Gasteiger partial charge on any atom is 0.303 e. The van der Waals surface area contributed by atoms with E-state index in [2.05, 4.69) is 0 Å². The Labute approximate surface area is 99.7 Å². The number of aliphatic carboxylic acids is 1. The van der Waals surface area contributed by atoms with Crippen molar-refractivity contribution in [3.8, 4) is 5.75 Å². The van der Waals surface area contributed by atoms with Crippen LogP contribution in [-0.2, 0) is 11.2 Å². The van der Waals surface area contributed by atoms with E-state index in [4.69, 9.17) is 16.7 Å². The molecule has 0 heterocycles. The minimum absolute atomic E-state index is 0.101. The second-order valence-corrected chi connectivity index (χ2v) is 4.27. The molecule has 0 saturated heterocycles. The molecule has 1 aromatic carbocycles. The fourth-order valence-corrected chi connectivity index (χ4v) is 1.82. The molecule has 0 unspecified atom stereocenters. The van der Waals surface area contributed by atoms with Crippen LogP contribution in [0.15, 0.2) is 6.07 Å². The maximum atomic E-state index is 10.4. The van der Waals surface area contributed by atoms with E-state index in [9.17, 15) is 9.90 Å². The average molecular weight is 243 g/mol. The molecule has 0 aliphatic heterocycles. The van der Waals surface area contributed by atoms with Crippen LogP contribution in [-0.4, -0.2) is 16.2 Å². The fourth-order valence-electron chi connectivity index (χ4n) is 1.55. The van der Waals surface area contributed by atoms with Gasteiger partial charge in [0.2, 0.25) is 0 Å². The zero-order valence-corrected chi connectivity index (χ0v) is 10.1. The number of aromatic hydroxyl groups is 1. The summed E-state index contributed by atoms with van der Waals surface area (Å²) >= 11 is 6.01. The SMILES string of the molecule is Cc1c(Cl)cc(CCCC(=O)O)c(O)c1C. The number of rotatable bonds is 4. The van der Waals surface area contributed by atoms with Crippen molar-refractivity contribution in [2.45, 2.75) is 33.1 Å². The van der Waals surface area contributed by atoms with Crippen LogP contribution in [0.4, 0.5) is 0 Å². The third-order valence-corrected chi connectivity index (χ3v) is 3.11. The first kappa shape index (κ1) is 12.8. The number of hydrogen-bond acceptors (Lipinski definition) is 2. The van der Waals surface area contributed by atoms with Gasteiger partial charge in [0.25, 0.3) is 0 Å². The average Bonchev–Trinajstić information content (AvgIpc) is 2.22. The van der Waals surface area contributed by atoms with Gasteiger partial charge in [-0.2, -0.15) is 0 Å². The lowest BCUT2D eigenvalue weighted by molar-refractivity contribution is -0.137. The molecule has 2 N–H and O–H groups in total. The van der Waals surface area contributed by atoms with Gasteiger partial charge in [-0.25, -0.2) is 0 Å². The number of phenolic OH excluding ortho intramolecular Hbond substituents is 1. The second kappa shape index (κ2) is 5.21. The smallest absolute Gasteiger partial charge is 0.303 e. The van der Waals surface area contributed by atoms with Crippen LogP contribution < -0.4 is 0 Å². The molecule has 1 aromatic rings. The highest BCUT2D eigenvalue weighted by molar-refractivity contribution is 6.31. The molecule has 88 valence electrons. The van der Waals surface area contributed by atoms with Crippen molar-refractivity contribution in [2.24, 2.45) is 0 Å². The number of hydrogen-bond donors (Lipinski definition) is 2. The number of halogens is 1. The van der Waals surface area contributed by atoms with Gasteiger partial charge in [0.15, 0.2) is 0 Å². The second-order valence-electron chi connectivity index (χ2n) is 3.86. The van der Waals surface area contributed by atoms with Crippen LogP contribution in [0.2, 0.25) is 5.02 Å². The molecule has 0 aliphatic carbocycles. The maximum absolute atomic E-state index is 10.4. The number of carboxylic acid groups (broad SMARTS) is 1. The summed E-state index contributed by atoms with van der Waals surface area (Å²) in [7, 11) is 0. The monoisotopic (exact) mass is 242 g/mol.